The van der Waals surface area contributed by atoms with E-state index in [2.05, 4.69) is 120 Å². The van der Waals surface area contributed by atoms with Gasteiger partial charge in [0.15, 0.2) is 11.5 Å². The second-order valence-corrected chi connectivity index (χ2v) is 10.6. The molecule has 3 nitrogen and oxygen atoms in total. The van der Waals surface area contributed by atoms with E-state index in [1.807, 2.05) is 48.5 Å². The average Bonchev–Trinajstić information content (AvgIpc) is 3.25. The normalized spacial score (nSPS) is 11.6. The van der Waals surface area contributed by atoms with E-state index in [0.29, 0.717) is 11.5 Å². The van der Waals surface area contributed by atoms with Gasteiger partial charge in [-0.1, -0.05) is 115 Å². The second kappa shape index (κ2) is 10.6. The quantitative estimate of drug-likeness (QED) is 0.212. The minimum Gasteiger partial charge on any atom is -0.453 e. The number of benzene rings is 7. The molecule has 0 bridgehead atoms. The Bertz CT molecular complexity index is 1960. The minimum atomic E-state index is 0.672. The van der Waals surface area contributed by atoms with Crippen molar-refractivity contribution in [1.29, 1.82) is 0 Å². The van der Waals surface area contributed by atoms with Gasteiger partial charge < -0.3 is 14.4 Å². The van der Waals surface area contributed by atoms with Crippen molar-refractivity contribution in [3.63, 3.8) is 0 Å². The number of nitrogens with zero attached hydrogens (tertiary/aromatic N) is 1. The first-order chi connectivity index (χ1) is 21.3. The Labute approximate surface area is 250 Å². The van der Waals surface area contributed by atoms with E-state index in [1.54, 1.807) is 0 Å². The Morgan fingerprint density at radius 3 is 1.37 bits per heavy atom. The van der Waals surface area contributed by atoms with E-state index in [9.17, 15) is 0 Å². The standard InChI is InChI=1S/C40H27NO2/c1-3-10-28(11-4-1)30-20-24-33(25-21-30)41(34-26-22-31(23-27-34)29-12-5-2-6-13-29)35-16-9-19-38-40(35)43-37-18-8-15-32-14-7-17-36(42-38)39(32)37/h1-27H. The summed E-state index contributed by atoms with van der Waals surface area (Å²) < 4.78 is 13.3. The monoisotopic (exact) mass is 553 g/mol. The summed E-state index contributed by atoms with van der Waals surface area (Å²) in [6, 6.07) is 56.6. The third kappa shape index (κ3) is 4.58. The van der Waals surface area contributed by atoms with Crippen molar-refractivity contribution in [3.8, 4) is 45.3 Å². The molecule has 0 spiro atoms. The van der Waals surface area contributed by atoms with E-state index >= 15 is 0 Å². The zero-order chi connectivity index (χ0) is 28.6. The van der Waals surface area contributed by atoms with Crippen molar-refractivity contribution in [2.45, 2.75) is 0 Å². The van der Waals surface area contributed by atoms with Crippen LogP contribution in [0.5, 0.6) is 23.0 Å². The van der Waals surface area contributed by atoms with Crippen LogP contribution in [0.25, 0.3) is 33.0 Å². The molecule has 3 heteroatoms. The predicted octanol–water partition coefficient (Wildman–Crippen LogP) is 11.5. The van der Waals surface area contributed by atoms with E-state index < -0.39 is 0 Å². The van der Waals surface area contributed by atoms with Gasteiger partial charge >= 0.3 is 0 Å². The van der Waals surface area contributed by atoms with Crippen LogP contribution in [-0.2, 0) is 0 Å². The molecule has 0 aliphatic carbocycles. The molecule has 43 heavy (non-hydrogen) atoms. The first-order valence-corrected chi connectivity index (χ1v) is 14.4. The van der Waals surface area contributed by atoms with Gasteiger partial charge in [-0.2, -0.15) is 0 Å². The Morgan fingerprint density at radius 2 is 0.814 bits per heavy atom. The number of para-hydroxylation sites is 1. The largest absolute Gasteiger partial charge is 0.453 e. The lowest BCUT2D eigenvalue weighted by atomic mass is 10.0. The molecular weight excluding hydrogens is 526 g/mol. The molecule has 1 aliphatic rings. The summed E-state index contributed by atoms with van der Waals surface area (Å²) >= 11 is 0. The fraction of sp³-hybridized carbons (Fsp3) is 0. The first kappa shape index (κ1) is 25.0. The predicted molar refractivity (Wildman–Crippen MR) is 176 cm³/mol. The molecule has 0 radical (unpaired) electrons. The number of hydrogen-bond acceptors (Lipinski definition) is 3. The van der Waals surface area contributed by atoms with E-state index in [0.717, 1.165) is 50.5 Å². The van der Waals surface area contributed by atoms with Gasteiger partial charge in [0, 0.05) is 11.4 Å². The molecule has 0 saturated carbocycles. The second-order valence-electron chi connectivity index (χ2n) is 10.6. The van der Waals surface area contributed by atoms with Crippen LogP contribution in [-0.4, -0.2) is 0 Å². The molecule has 0 saturated heterocycles. The lowest BCUT2D eigenvalue weighted by Crippen LogP contribution is -2.11. The maximum atomic E-state index is 6.75. The molecule has 1 heterocycles. The van der Waals surface area contributed by atoms with Crippen molar-refractivity contribution in [1.82, 2.24) is 0 Å². The molecule has 1 aliphatic heterocycles. The molecule has 204 valence electrons. The summed E-state index contributed by atoms with van der Waals surface area (Å²) in [4.78, 5) is 2.24. The van der Waals surface area contributed by atoms with Gasteiger partial charge in [-0.3, -0.25) is 0 Å². The fourth-order valence-corrected chi connectivity index (χ4v) is 5.83. The van der Waals surface area contributed by atoms with E-state index in [-0.39, 0.29) is 0 Å². The summed E-state index contributed by atoms with van der Waals surface area (Å²) in [5, 5.41) is 2.05. The zero-order valence-corrected chi connectivity index (χ0v) is 23.4. The molecular formula is C40H27NO2. The molecule has 0 atom stereocenters. The molecule has 7 aromatic carbocycles. The number of rotatable bonds is 5. The van der Waals surface area contributed by atoms with Gasteiger partial charge in [-0.05, 0) is 76.2 Å². The maximum absolute atomic E-state index is 6.75. The van der Waals surface area contributed by atoms with Gasteiger partial charge in [0.05, 0.1) is 11.1 Å². The molecule has 0 fully saturated rings. The third-order valence-electron chi connectivity index (χ3n) is 7.92. The van der Waals surface area contributed by atoms with Crippen molar-refractivity contribution >= 4 is 27.8 Å². The van der Waals surface area contributed by atoms with Crippen LogP contribution in [0.1, 0.15) is 0 Å². The number of ether oxygens (including phenoxy) is 2. The Hall–Kier alpha value is -5.80. The molecule has 0 amide bonds. The molecule has 0 aromatic heterocycles. The lowest BCUT2D eigenvalue weighted by molar-refractivity contribution is 0.440. The smallest absolute Gasteiger partial charge is 0.193 e. The fourth-order valence-electron chi connectivity index (χ4n) is 5.83. The SMILES string of the molecule is c1ccc(-c2ccc(N(c3ccc(-c4ccccc4)cc3)c3cccc4c3Oc3cccc5cccc(c35)O4)cc2)cc1. The highest BCUT2D eigenvalue weighted by Gasteiger charge is 2.25. The van der Waals surface area contributed by atoms with Crippen LogP contribution in [0.4, 0.5) is 17.1 Å². The van der Waals surface area contributed by atoms with Gasteiger partial charge in [0.2, 0.25) is 0 Å². The summed E-state index contributed by atoms with van der Waals surface area (Å²) in [5.74, 6) is 2.91. The number of anilines is 3. The topological polar surface area (TPSA) is 21.7 Å². The van der Waals surface area contributed by atoms with Crippen LogP contribution in [0.15, 0.2) is 164 Å². The van der Waals surface area contributed by atoms with Crippen molar-refractivity contribution in [3.05, 3.63) is 164 Å². The van der Waals surface area contributed by atoms with Gasteiger partial charge in [-0.25, -0.2) is 0 Å². The molecule has 7 aromatic rings. The highest BCUT2D eigenvalue weighted by molar-refractivity contribution is 5.96. The average molecular weight is 554 g/mol. The van der Waals surface area contributed by atoms with Crippen molar-refractivity contribution in [2.24, 2.45) is 0 Å². The highest BCUT2D eigenvalue weighted by atomic mass is 16.5. The summed E-state index contributed by atoms with van der Waals surface area (Å²) in [5.41, 5.74) is 7.62. The van der Waals surface area contributed by atoms with Crippen molar-refractivity contribution < 1.29 is 9.47 Å². The summed E-state index contributed by atoms with van der Waals surface area (Å²) in [7, 11) is 0. The Kier molecular flexibility index (Phi) is 6.12. The molecule has 8 rings (SSSR count). The van der Waals surface area contributed by atoms with Gasteiger partial charge in [-0.15, -0.1) is 0 Å². The Morgan fingerprint density at radius 1 is 0.349 bits per heavy atom. The first-order valence-electron chi connectivity index (χ1n) is 14.4. The Balaban J connectivity index is 1.28. The van der Waals surface area contributed by atoms with Crippen LogP contribution in [0, 0.1) is 0 Å². The number of hydrogen-bond donors (Lipinski definition) is 0. The van der Waals surface area contributed by atoms with E-state index in [4.69, 9.17) is 9.47 Å². The minimum absolute atomic E-state index is 0.672. The van der Waals surface area contributed by atoms with Crippen LogP contribution < -0.4 is 14.4 Å². The molecule has 0 unspecified atom stereocenters. The van der Waals surface area contributed by atoms with Crippen LogP contribution >= 0.6 is 0 Å². The maximum Gasteiger partial charge on any atom is 0.193 e. The van der Waals surface area contributed by atoms with Crippen LogP contribution in [0.2, 0.25) is 0 Å². The lowest BCUT2D eigenvalue weighted by Gasteiger charge is -2.28. The van der Waals surface area contributed by atoms with Crippen LogP contribution in [0.3, 0.4) is 0 Å². The summed E-state index contributed by atoms with van der Waals surface area (Å²) in [6.07, 6.45) is 0. The van der Waals surface area contributed by atoms with Gasteiger partial charge in [0.1, 0.15) is 11.5 Å². The third-order valence-corrected chi connectivity index (χ3v) is 7.92. The summed E-state index contributed by atoms with van der Waals surface area (Å²) in [6.45, 7) is 0. The molecule has 0 N–H and O–H groups in total. The highest BCUT2D eigenvalue weighted by Crippen LogP contribution is 2.52. The van der Waals surface area contributed by atoms with Crippen molar-refractivity contribution in [2.75, 3.05) is 4.90 Å². The van der Waals surface area contributed by atoms with E-state index in [1.165, 1.54) is 11.1 Å². The van der Waals surface area contributed by atoms with Gasteiger partial charge in [0.25, 0.3) is 0 Å². The zero-order valence-electron chi connectivity index (χ0n) is 23.4. The number of fused-ring (bicyclic) bond motifs is 1.